The highest BCUT2D eigenvalue weighted by Gasteiger charge is 2.32. The zero-order valence-corrected chi connectivity index (χ0v) is 7.65. The fraction of sp³-hybridized carbons (Fsp3) is 0.778. The van der Waals surface area contributed by atoms with E-state index in [4.69, 9.17) is 11.5 Å². The van der Waals surface area contributed by atoms with Crippen LogP contribution in [-0.2, 0) is 0 Å². The molecule has 0 aromatic carbocycles. The van der Waals surface area contributed by atoms with Crippen LogP contribution in [-0.4, -0.2) is 5.66 Å². The summed E-state index contributed by atoms with van der Waals surface area (Å²) >= 11 is 0. The summed E-state index contributed by atoms with van der Waals surface area (Å²) in [6.45, 7) is 6.51. The van der Waals surface area contributed by atoms with E-state index >= 15 is 0 Å². The van der Waals surface area contributed by atoms with Crippen molar-refractivity contribution in [3.05, 3.63) is 11.6 Å². The highest BCUT2D eigenvalue weighted by molar-refractivity contribution is 5.16. The average molecular weight is 154 g/mol. The van der Waals surface area contributed by atoms with Gasteiger partial charge in [0.05, 0.1) is 5.66 Å². The van der Waals surface area contributed by atoms with Crippen molar-refractivity contribution in [3.63, 3.8) is 0 Å². The Kier molecular flexibility index (Phi) is 1.85. The largest absolute Gasteiger partial charge is 0.310 e. The first-order valence-corrected chi connectivity index (χ1v) is 4.07. The lowest BCUT2D eigenvalue weighted by atomic mass is 9.73. The van der Waals surface area contributed by atoms with Gasteiger partial charge in [-0.3, -0.25) is 0 Å². The molecule has 11 heavy (non-hydrogen) atoms. The van der Waals surface area contributed by atoms with E-state index in [1.807, 2.05) is 6.08 Å². The third-order valence-corrected chi connectivity index (χ3v) is 2.06. The summed E-state index contributed by atoms with van der Waals surface area (Å²) in [5.41, 5.74) is 12.7. The van der Waals surface area contributed by atoms with Crippen LogP contribution < -0.4 is 11.5 Å². The van der Waals surface area contributed by atoms with Gasteiger partial charge in [0.25, 0.3) is 0 Å². The number of allylic oxidation sites excluding steroid dienone is 1. The molecule has 0 saturated heterocycles. The molecular weight excluding hydrogens is 136 g/mol. The Morgan fingerprint density at radius 3 is 2.27 bits per heavy atom. The Morgan fingerprint density at radius 1 is 1.36 bits per heavy atom. The molecule has 0 atom stereocenters. The maximum atomic E-state index is 5.85. The zero-order valence-electron chi connectivity index (χ0n) is 7.65. The molecule has 1 aliphatic rings. The molecule has 1 aliphatic carbocycles. The van der Waals surface area contributed by atoms with Gasteiger partial charge < -0.3 is 11.5 Å². The molecule has 0 unspecified atom stereocenters. The van der Waals surface area contributed by atoms with Crippen LogP contribution in [0.15, 0.2) is 11.6 Å². The summed E-state index contributed by atoms with van der Waals surface area (Å²) < 4.78 is 0. The van der Waals surface area contributed by atoms with Crippen LogP contribution in [0, 0.1) is 5.41 Å². The van der Waals surface area contributed by atoms with Gasteiger partial charge in [0, 0.05) is 0 Å². The van der Waals surface area contributed by atoms with E-state index in [-0.39, 0.29) is 5.41 Å². The maximum Gasteiger partial charge on any atom is 0.0836 e. The number of hydrogen-bond donors (Lipinski definition) is 2. The molecule has 4 N–H and O–H groups in total. The molecule has 0 aliphatic heterocycles. The standard InChI is InChI=1S/C9H18N2/c1-7-4-8(2,3)6-9(10,11)5-7/h5H,4,6,10-11H2,1-3H3. The molecule has 0 aromatic heterocycles. The minimum Gasteiger partial charge on any atom is -0.310 e. The zero-order chi connectivity index (χ0) is 8.70. The first kappa shape index (κ1) is 8.75. The Bertz CT molecular complexity index is 190. The molecule has 0 radical (unpaired) electrons. The second-order valence-electron chi connectivity index (χ2n) is 4.62. The third kappa shape index (κ3) is 2.31. The Labute approximate surface area is 68.6 Å². The summed E-state index contributed by atoms with van der Waals surface area (Å²) in [6.07, 6.45) is 3.97. The van der Waals surface area contributed by atoms with Gasteiger partial charge in [0.1, 0.15) is 0 Å². The number of rotatable bonds is 0. The van der Waals surface area contributed by atoms with Crippen molar-refractivity contribution in [2.45, 2.75) is 39.3 Å². The second kappa shape index (κ2) is 2.32. The lowest BCUT2D eigenvalue weighted by Crippen LogP contribution is -2.52. The van der Waals surface area contributed by atoms with E-state index in [1.165, 1.54) is 5.57 Å². The van der Waals surface area contributed by atoms with Crippen LogP contribution in [0.25, 0.3) is 0 Å². The summed E-state index contributed by atoms with van der Waals surface area (Å²) in [5.74, 6) is 0. The van der Waals surface area contributed by atoms with Gasteiger partial charge in [0.2, 0.25) is 0 Å². The summed E-state index contributed by atoms with van der Waals surface area (Å²) in [7, 11) is 0. The van der Waals surface area contributed by atoms with E-state index in [1.54, 1.807) is 0 Å². The number of nitrogens with two attached hydrogens (primary N) is 2. The Hall–Kier alpha value is -0.340. The van der Waals surface area contributed by atoms with Crippen molar-refractivity contribution < 1.29 is 0 Å². The first-order chi connectivity index (χ1) is 4.81. The molecule has 0 aromatic rings. The average Bonchev–Trinajstić information content (AvgIpc) is 1.49. The van der Waals surface area contributed by atoms with Gasteiger partial charge in [-0.05, 0) is 25.2 Å². The van der Waals surface area contributed by atoms with Crippen LogP contribution in [0.3, 0.4) is 0 Å². The van der Waals surface area contributed by atoms with E-state index in [9.17, 15) is 0 Å². The highest BCUT2D eigenvalue weighted by atomic mass is 14.9. The van der Waals surface area contributed by atoms with E-state index < -0.39 is 5.66 Å². The first-order valence-electron chi connectivity index (χ1n) is 4.07. The minimum atomic E-state index is -0.578. The molecule has 0 heterocycles. The highest BCUT2D eigenvalue weighted by Crippen LogP contribution is 2.36. The van der Waals surface area contributed by atoms with Crippen molar-refractivity contribution >= 4 is 0 Å². The fourth-order valence-electron chi connectivity index (χ4n) is 2.21. The number of hydrogen-bond acceptors (Lipinski definition) is 2. The fourth-order valence-corrected chi connectivity index (χ4v) is 2.21. The smallest absolute Gasteiger partial charge is 0.0836 e. The van der Waals surface area contributed by atoms with Gasteiger partial charge in [0.15, 0.2) is 0 Å². The minimum absolute atomic E-state index is 0.266. The molecule has 64 valence electrons. The lowest BCUT2D eigenvalue weighted by molar-refractivity contribution is 0.248. The van der Waals surface area contributed by atoms with E-state index in [0.29, 0.717) is 0 Å². The van der Waals surface area contributed by atoms with Gasteiger partial charge in [-0.25, -0.2) is 0 Å². The normalized spacial score (nSPS) is 27.9. The van der Waals surface area contributed by atoms with E-state index in [0.717, 1.165) is 12.8 Å². The Morgan fingerprint density at radius 2 is 1.91 bits per heavy atom. The van der Waals surface area contributed by atoms with E-state index in [2.05, 4.69) is 20.8 Å². The predicted octanol–water partition coefficient (Wildman–Crippen LogP) is 1.37. The SMILES string of the molecule is CC1=CC(N)(N)CC(C)(C)C1. The molecule has 0 fully saturated rings. The van der Waals surface area contributed by atoms with Crippen molar-refractivity contribution in [2.24, 2.45) is 16.9 Å². The lowest BCUT2D eigenvalue weighted by Gasteiger charge is -2.38. The molecular formula is C9H18N2. The molecule has 0 spiro atoms. The molecule has 0 saturated carbocycles. The van der Waals surface area contributed by atoms with Crippen LogP contribution in [0.4, 0.5) is 0 Å². The van der Waals surface area contributed by atoms with Crippen molar-refractivity contribution in [1.29, 1.82) is 0 Å². The molecule has 2 nitrogen and oxygen atoms in total. The molecule has 2 heteroatoms. The quantitative estimate of drug-likeness (QED) is 0.409. The molecule has 1 rings (SSSR count). The van der Waals surface area contributed by atoms with Gasteiger partial charge in [-0.2, -0.15) is 0 Å². The van der Waals surface area contributed by atoms with Crippen LogP contribution in [0.1, 0.15) is 33.6 Å². The summed E-state index contributed by atoms with van der Waals surface area (Å²) in [4.78, 5) is 0. The van der Waals surface area contributed by atoms with Crippen LogP contribution >= 0.6 is 0 Å². The molecule has 0 amide bonds. The van der Waals surface area contributed by atoms with Crippen molar-refractivity contribution in [2.75, 3.05) is 0 Å². The van der Waals surface area contributed by atoms with Crippen LogP contribution in [0.5, 0.6) is 0 Å². The summed E-state index contributed by atoms with van der Waals surface area (Å²) in [6, 6.07) is 0. The van der Waals surface area contributed by atoms with Gasteiger partial charge >= 0.3 is 0 Å². The third-order valence-electron chi connectivity index (χ3n) is 2.06. The van der Waals surface area contributed by atoms with Crippen molar-refractivity contribution in [1.82, 2.24) is 0 Å². The monoisotopic (exact) mass is 154 g/mol. The Balaban J connectivity index is 2.86. The van der Waals surface area contributed by atoms with Crippen LogP contribution in [0.2, 0.25) is 0 Å². The summed E-state index contributed by atoms with van der Waals surface area (Å²) in [5, 5.41) is 0. The predicted molar refractivity (Wildman–Crippen MR) is 47.9 cm³/mol. The topological polar surface area (TPSA) is 52.0 Å². The van der Waals surface area contributed by atoms with Crippen molar-refractivity contribution in [3.8, 4) is 0 Å². The second-order valence-corrected chi connectivity index (χ2v) is 4.62. The maximum absolute atomic E-state index is 5.85. The molecule has 0 bridgehead atoms. The van der Waals surface area contributed by atoms with Gasteiger partial charge in [-0.15, -0.1) is 0 Å². The van der Waals surface area contributed by atoms with Gasteiger partial charge in [-0.1, -0.05) is 25.5 Å².